The van der Waals surface area contributed by atoms with Crippen molar-refractivity contribution in [1.29, 1.82) is 0 Å². The molecule has 0 saturated heterocycles. The quantitative estimate of drug-likeness (QED) is 0.736. The van der Waals surface area contributed by atoms with Crippen LogP contribution in [0.25, 0.3) is 0 Å². The summed E-state index contributed by atoms with van der Waals surface area (Å²) in [4.78, 5) is 18.3. The van der Waals surface area contributed by atoms with Gasteiger partial charge in [0.1, 0.15) is 11.6 Å². The lowest BCUT2D eigenvalue weighted by molar-refractivity contribution is 0.201. The summed E-state index contributed by atoms with van der Waals surface area (Å²) in [5, 5.41) is 7.91. The minimum absolute atomic E-state index is 0.649. The molecule has 0 fully saturated rings. The molecule has 3 aromatic rings. The van der Waals surface area contributed by atoms with Crippen molar-refractivity contribution in [3.05, 3.63) is 53.8 Å². The normalized spacial score (nSPS) is 14.5. The monoisotopic (exact) mass is 324 g/mol. The van der Waals surface area contributed by atoms with Crippen LogP contribution in [0.5, 0.6) is 0 Å². The Hall–Kier alpha value is -2.74. The predicted molar refractivity (Wildman–Crippen MR) is 89.0 cm³/mol. The van der Waals surface area contributed by atoms with Crippen LogP contribution in [-0.4, -0.2) is 41.2 Å². The summed E-state index contributed by atoms with van der Waals surface area (Å²) in [7, 11) is 0. The Morgan fingerprint density at radius 3 is 2.96 bits per heavy atom. The smallest absolute Gasteiger partial charge is 0.144 e. The van der Waals surface area contributed by atoms with Crippen molar-refractivity contribution in [2.45, 2.75) is 33.1 Å². The zero-order valence-electron chi connectivity index (χ0n) is 13.6. The number of aromatic amines is 1. The number of imidazole rings is 1. The van der Waals surface area contributed by atoms with Crippen LogP contribution in [0.4, 0.5) is 5.82 Å². The summed E-state index contributed by atoms with van der Waals surface area (Å²) < 4.78 is 2.09. The first-order valence-corrected chi connectivity index (χ1v) is 8.04. The third kappa shape index (κ3) is 3.28. The van der Waals surface area contributed by atoms with E-state index in [-0.39, 0.29) is 0 Å². The Bertz CT molecular complexity index is 807. The maximum atomic E-state index is 4.67. The average Bonchev–Trinajstić information content (AvgIpc) is 3.19. The second-order valence-corrected chi connectivity index (χ2v) is 6.02. The molecule has 3 aromatic heterocycles. The van der Waals surface area contributed by atoms with Crippen LogP contribution in [0.1, 0.15) is 22.9 Å². The van der Waals surface area contributed by atoms with Crippen molar-refractivity contribution in [2.24, 2.45) is 0 Å². The molecule has 0 spiro atoms. The fourth-order valence-electron chi connectivity index (χ4n) is 2.93. The molecule has 0 atom stereocenters. The van der Waals surface area contributed by atoms with Gasteiger partial charge in [-0.3, -0.25) is 14.6 Å². The van der Waals surface area contributed by atoms with Gasteiger partial charge in [-0.2, -0.15) is 5.10 Å². The van der Waals surface area contributed by atoms with Crippen LogP contribution in [0.15, 0.2) is 30.9 Å². The Labute approximate surface area is 140 Å². The van der Waals surface area contributed by atoms with E-state index in [4.69, 9.17) is 0 Å². The number of fused-ring (bicyclic) bond motifs is 1. The van der Waals surface area contributed by atoms with Gasteiger partial charge in [-0.15, -0.1) is 0 Å². The van der Waals surface area contributed by atoms with Crippen molar-refractivity contribution in [1.82, 2.24) is 34.6 Å². The average molecular weight is 324 g/mol. The predicted octanol–water partition coefficient (Wildman–Crippen LogP) is 1.33. The summed E-state index contributed by atoms with van der Waals surface area (Å²) in [5.41, 5.74) is 3.36. The van der Waals surface area contributed by atoms with Gasteiger partial charge in [0, 0.05) is 37.4 Å². The SMILES string of the molecule is Cc1cnc(CN2CCn3nc(CNc4cnccn4)cc3C2)[nH]1. The maximum Gasteiger partial charge on any atom is 0.144 e. The van der Waals surface area contributed by atoms with Gasteiger partial charge >= 0.3 is 0 Å². The van der Waals surface area contributed by atoms with E-state index < -0.39 is 0 Å². The summed E-state index contributed by atoms with van der Waals surface area (Å²) in [6.45, 7) is 6.28. The van der Waals surface area contributed by atoms with Crippen LogP contribution >= 0.6 is 0 Å². The molecule has 124 valence electrons. The zero-order valence-corrected chi connectivity index (χ0v) is 13.6. The van der Waals surface area contributed by atoms with Gasteiger partial charge in [-0.1, -0.05) is 0 Å². The molecule has 0 radical (unpaired) electrons. The highest BCUT2D eigenvalue weighted by Gasteiger charge is 2.19. The molecule has 24 heavy (non-hydrogen) atoms. The minimum atomic E-state index is 0.649. The molecular formula is C16H20N8. The zero-order chi connectivity index (χ0) is 16.4. The summed E-state index contributed by atoms with van der Waals surface area (Å²) in [6.07, 6.45) is 6.92. The Kier molecular flexibility index (Phi) is 3.96. The van der Waals surface area contributed by atoms with Crippen LogP contribution in [0.2, 0.25) is 0 Å². The third-order valence-electron chi connectivity index (χ3n) is 4.07. The molecule has 2 N–H and O–H groups in total. The number of rotatable bonds is 5. The van der Waals surface area contributed by atoms with Gasteiger partial charge in [0.15, 0.2) is 0 Å². The number of hydrogen-bond acceptors (Lipinski definition) is 6. The number of nitrogens with zero attached hydrogens (tertiary/aromatic N) is 6. The number of hydrogen-bond donors (Lipinski definition) is 2. The van der Waals surface area contributed by atoms with Crippen molar-refractivity contribution >= 4 is 5.82 Å². The molecule has 1 aliphatic rings. The highest BCUT2D eigenvalue weighted by atomic mass is 15.3. The molecule has 0 aromatic carbocycles. The molecule has 1 aliphatic heterocycles. The molecule has 0 unspecified atom stereocenters. The van der Waals surface area contributed by atoms with Gasteiger partial charge in [0.25, 0.3) is 0 Å². The van der Waals surface area contributed by atoms with E-state index in [1.807, 2.05) is 13.1 Å². The van der Waals surface area contributed by atoms with E-state index in [0.29, 0.717) is 6.54 Å². The molecule has 4 heterocycles. The standard InChI is InChI=1S/C16H20N8/c1-12-7-19-16(21-12)11-23-4-5-24-14(10-23)6-13(22-24)8-20-15-9-17-2-3-18-15/h2-3,6-7,9H,4-5,8,10-11H2,1H3,(H,18,20)(H,19,21). The Morgan fingerprint density at radius 1 is 1.21 bits per heavy atom. The third-order valence-corrected chi connectivity index (χ3v) is 4.07. The number of aryl methyl sites for hydroxylation is 1. The number of anilines is 1. The summed E-state index contributed by atoms with van der Waals surface area (Å²) >= 11 is 0. The lowest BCUT2D eigenvalue weighted by Crippen LogP contribution is -2.33. The Balaban J connectivity index is 1.38. The number of H-pyrrole nitrogens is 1. The largest absolute Gasteiger partial charge is 0.363 e. The first-order valence-electron chi connectivity index (χ1n) is 8.04. The first kappa shape index (κ1) is 14.8. The summed E-state index contributed by atoms with van der Waals surface area (Å²) in [5.74, 6) is 1.78. The fourth-order valence-corrected chi connectivity index (χ4v) is 2.93. The van der Waals surface area contributed by atoms with E-state index >= 15 is 0 Å². The second kappa shape index (κ2) is 6.40. The van der Waals surface area contributed by atoms with Gasteiger partial charge in [0.05, 0.1) is 37.2 Å². The van der Waals surface area contributed by atoms with Crippen molar-refractivity contribution in [3.63, 3.8) is 0 Å². The molecular weight excluding hydrogens is 304 g/mol. The summed E-state index contributed by atoms with van der Waals surface area (Å²) in [6, 6.07) is 2.16. The maximum absolute atomic E-state index is 4.67. The van der Waals surface area contributed by atoms with Crippen molar-refractivity contribution in [3.8, 4) is 0 Å². The lowest BCUT2D eigenvalue weighted by atomic mass is 10.2. The highest BCUT2D eigenvalue weighted by Crippen LogP contribution is 2.16. The van der Waals surface area contributed by atoms with E-state index in [9.17, 15) is 0 Å². The lowest BCUT2D eigenvalue weighted by Gasteiger charge is -2.26. The second-order valence-electron chi connectivity index (χ2n) is 6.02. The van der Waals surface area contributed by atoms with Gasteiger partial charge < -0.3 is 10.3 Å². The van der Waals surface area contributed by atoms with Crippen LogP contribution in [-0.2, 0) is 26.2 Å². The van der Waals surface area contributed by atoms with Crippen molar-refractivity contribution < 1.29 is 0 Å². The molecule has 0 saturated carbocycles. The van der Waals surface area contributed by atoms with Gasteiger partial charge in [0.2, 0.25) is 0 Å². The highest BCUT2D eigenvalue weighted by molar-refractivity contribution is 5.31. The van der Waals surface area contributed by atoms with E-state index in [1.54, 1.807) is 18.6 Å². The van der Waals surface area contributed by atoms with Crippen LogP contribution in [0, 0.1) is 6.92 Å². The fraction of sp³-hybridized carbons (Fsp3) is 0.375. The molecule has 8 nitrogen and oxygen atoms in total. The van der Waals surface area contributed by atoms with Crippen LogP contribution < -0.4 is 5.32 Å². The van der Waals surface area contributed by atoms with E-state index in [2.05, 4.69) is 46.0 Å². The topological polar surface area (TPSA) is 87.6 Å². The Morgan fingerprint density at radius 2 is 2.17 bits per heavy atom. The molecule has 0 bridgehead atoms. The molecule has 0 amide bonds. The first-order chi connectivity index (χ1) is 11.8. The van der Waals surface area contributed by atoms with Gasteiger partial charge in [-0.25, -0.2) is 9.97 Å². The molecule has 8 heteroatoms. The molecule has 4 rings (SSSR count). The number of aromatic nitrogens is 6. The molecule has 0 aliphatic carbocycles. The van der Waals surface area contributed by atoms with E-state index in [1.165, 1.54) is 5.69 Å². The van der Waals surface area contributed by atoms with Crippen molar-refractivity contribution in [2.75, 3.05) is 11.9 Å². The number of nitrogens with one attached hydrogen (secondary N) is 2. The van der Waals surface area contributed by atoms with Gasteiger partial charge in [-0.05, 0) is 13.0 Å². The minimum Gasteiger partial charge on any atom is -0.363 e. The van der Waals surface area contributed by atoms with E-state index in [0.717, 1.165) is 49.2 Å². The van der Waals surface area contributed by atoms with Crippen LogP contribution in [0.3, 0.4) is 0 Å².